The Kier molecular flexibility index (Phi) is 4.96. The molecule has 0 aliphatic carbocycles. The summed E-state index contributed by atoms with van der Waals surface area (Å²) < 4.78 is 0. The van der Waals surface area contributed by atoms with Gasteiger partial charge in [-0.2, -0.15) is 11.8 Å². The molecule has 17 heavy (non-hydrogen) atoms. The van der Waals surface area contributed by atoms with Crippen molar-refractivity contribution in [3.63, 3.8) is 0 Å². The molecule has 0 aromatic carbocycles. The maximum Gasteiger partial charge on any atom is 0.136 e. The number of fused-ring (bicyclic) bond motifs is 2. The van der Waals surface area contributed by atoms with Crippen molar-refractivity contribution >= 4 is 17.5 Å². The number of carbonyl (C=O) groups is 1. The highest BCUT2D eigenvalue weighted by molar-refractivity contribution is 8.00. The van der Waals surface area contributed by atoms with Crippen molar-refractivity contribution in [2.45, 2.75) is 75.7 Å². The molecule has 2 heteroatoms. The second kappa shape index (κ2) is 6.26. The molecule has 0 amide bonds. The number of thioether (sulfide) groups is 1. The summed E-state index contributed by atoms with van der Waals surface area (Å²) in [5.74, 6) is 1.73. The number of carbonyl (C=O) groups excluding carboxylic acids is 1. The van der Waals surface area contributed by atoms with Crippen LogP contribution in [0.5, 0.6) is 0 Å². The van der Waals surface area contributed by atoms with Gasteiger partial charge in [0.15, 0.2) is 0 Å². The number of hydrogen-bond acceptors (Lipinski definition) is 2. The fourth-order valence-corrected chi connectivity index (χ4v) is 5.05. The fourth-order valence-electron chi connectivity index (χ4n) is 3.21. The van der Waals surface area contributed by atoms with E-state index < -0.39 is 0 Å². The molecule has 2 bridgehead atoms. The monoisotopic (exact) mass is 254 g/mol. The number of Topliss-reactive ketones (excluding diaryl/α,β-unsaturated/α-hetero) is 1. The van der Waals surface area contributed by atoms with Crippen molar-refractivity contribution in [2.24, 2.45) is 11.8 Å². The summed E-state index contributed by atoms with van der Waals surface area (Å²) in [6.07, 6.45) is 9.64. The van der Waals surface area contributed by atoms with Crippen LogP contribution in [0.1, 0.15) is 65.2 Å². The van der Waals surface area contributed by atoms with Gasteiger partial charge in [0.25, 0.3) is 0 Å². The molecule has 2 fully saturated rings. The van der Waals surface area contributed by atoms with Crippen molar-refractivity contribution in [1.82, 2.24) is 0 Å². The lowest BCUT2D eigenvalue weighted by Gasteiger charge is -2.38. The van der Waals surface area contributed by atoms with Crippen LogP contribution in [0.2, 0.25) is 0 Å². The van der Waals surface area contributed by atoms with Crippen LogP contribution in [0.15, 0.2) is 0 Å². The van der Waals surface area contributed by atoms with Crippen molar-refractivity contribution in [3.8, 4) is 0 Å². The summed E-state index contributed by atoms with van der Waals surface area (Å²) in [6.45, 7) is 4.48. The molecule has 2 atom stereocenters. The van der Waals surface area contributed by atoms with Gasteiger partial charge in [-0.3, -0.25) is 4.79 Å². The lowest BCUT2D eigenvalue weighted by Crippen LogP contribution is -2.32. The molecule has 2 rings (SSSR count). The zero-order valence-corrected chi connectivity index (χ0v) is 12.1. The Balaban J connectivity index is 1.75. The van der Waals surface area contributed by atoms with E-state index in [4.69, 9.17) is 0 Å². The standard InChI is InChI=1S/C15H26OS/c1-11(2)5-3-8-15(16)12-9-13-6-4-7-14(10-12)17-13/h11-14H,3-10H2,1-2H3. The van der Waals surface area contributed by atoms with Crippen LogP contribution in [0.4, 0.5) is 0 Å². The van der Waals surface area contributed by atoms with E-state index in [9.17, 15) is 4.79 Å². The summed E-state index contributed by atoms with van der Waals surface area (Å²) in [6, 6.07) is 0. The van der Waals surface area contributed by atoms with Crippen molar-refractivity contribution in [1.29, 1.82) is 0 Å². The van der Waals surface area contributed by atoms with E-state index in [0.717, 1.165) is 29.3 Å². The van der Waals surface area contributed by atoms with E-state index >= 15 is 0 Å². The van der Waals surface area contributed by atoms with Crippen LogP contribution < -0.4 is 0 Å². The number of ketones is 1. The summed E-state index contributed by atoms with van der Waals surface area (Å²) in [5, 5.41) is 1.61. The Morgan fingerprint density at radius 3 is 2.47 bits per heavy atom. The van der Waals surface area contributed by atoms with Gasteiger partial charge in [0.05, 0.1) is 0 Å². The molecule has 2 saturated heterocycles. The quantitative estimate of drug-likeness (QED) is 0.721. The lowest BCUT2D eigenvalue weighted by atomic mass is 9.85. The van der Waals surface area contributed by atoms with E-state index in [1.54, 1.807) is 0 Å². The Morgan fingerprint density at radius 1 is 1.24 bits per heavy atom. The smallest absolute Gasteiger partial charge is 0.136 e. The van der Waals surface area contributed by atoms with Gasteiger partial charge < -0.3 is 0 Å². The molecule has 0 aromatic heterocycles. The third-order valence-corrected chi connectivity index (χ3v) is 5.82. The van der Waals surface area contributed by atoms with Gasteiger partial charge >= 0.3 is 0 Å². The summed E-state index contributed by atoms with van der Waals surface area (Å²) in [5.41, 5.74) is 0. The zero-order valence-electron chi connectivity index (χ0n) is 11.3. The minimum Gasteiger partial charge on any atom is -0.299 e. The topological polar surface area (TPSA) is 17.1 Å². The van der Waals surface area contributed by atoms with Crippen LogP contribution in [0.3, 0.4) is 0 Å². The maximum atomic E-state index is 12.2. The Labute approximate surface area is 110 Å². The van der Waals surface area contributed by atoms with Gasteiger partial charge in [-0.1, -0.05) is 26.7 Å². The van der Waals surface area contributed by atoms with E-state index in [-0.39, 0.29) is 0 Å². The molecule has 1 nitrogen and oxygen atoms in total. The second-order valence-electron chi connectivity index (χ2n) is 6.23. The summed E-state index contributed by atoms with van der Waals surface area (Å²) in [4.78, 5) is 12.2. The summed E-state index contributed by atoms with van der Waals surface area (Å²) in [7, 11) is 0. The van der Waals surface area contributed by atoms with Gasteiger partial charge in [0.1, 0.15) is 5.78 Å². The van der Waals surface area contributed by atoms with Gasteiger partial charge in [-0.05, 0) is 38.0 Å². The molecular formula is C15H26OS. The molecule has 0 N–H and O–H groups in total. The first-order chi connectivity index (χ1) is 8.15. The van der Waals surface area contributed by atoms with E-state index in [0.29, 0.717) is 11.7 Å². The average Bonchev–Trinajstić information content (AvgIpc) is 2.27. The van der Waals surface area contributed by atoms with Crippen LogP contribution in [0.25, 0.3) is 0 Å². The second-order valence-corrected chi connectivity index (χ2v) is 7.84. The highest BCUT2D eigenvalue weighted by Crippen LogP contribution is 2.44. The van der Waals surface area contributed by atoms with E-state index in [1.807, 2.05) is 0 Å². The Morgan fingerprint density at radius 2 is 1.88 bits per heavy atom. The van der Waals surface area contributed by atoms with Gasteiger partial charge in [0.2, 0.25) is 0 Å². The maximum absolute atomic E-state index is 12.2. The Hall–Kier alpha value is 0.0200. The molecule has 2 aliphatic rings. The van der Waals surface area contributed by atoms with E-state index in [2.05, 4.69) is 25.6 Å². The average molecular weight is 254 g/mol. The first-order valence-corrected chi connectivity index (χ1v) is 8.27. The van der Waals surface area contributed by atoms with Gasteiger partial charge in [-0.15, -0.1) is 0 Å². The third-order valence-electron chi connectivity index (χ3n) is 4.19. The van der Waals surface area contributed by atoms with Crippen molar-refractivity contribution < 1.29 is 4.79 Å². The first-order valence-electron chi connectivity index (χ1n) is 7.33. The number of rotatable bonds is 5. The lowest BCUT2D eigenvalue weighted by molar-refractivity contribution is -0.123. The highest BCUT2D eigenvalue weighted by atomic mass is 32.2. The minimum atomic E-state index is 0.415. The normalized spacial score (nSPS) is 32.8. The third kappa shape index (κ3) is 4.01. The SMILES string of the molecule is CC(C)CCCC(=O)C1CC2CCCC(C1)S2. The fraction of sp³-hybridized carbons (Fsp3) is 0.933. The van der Waals surface area contributed by atoms with Gasteiger partial charge in [-0.25, -0.2) is 0 Å². The minimum absolute atomic E-state index is 0.415. The Bertz CT molecular complexity index is 250. The molecule has 2 heterocycles. The number of hydrogen-bond donors (Lipinski definition) is 0. The first kappa shape index (κ1) is 13.5. The predicted molar refractivity (Wildman–Crippen MR) is 75.4 cm³/mol. The van der Waals surface area contributed by atoms with Crippen molar-refractivity contribution in [2.75, 3.05) is 0 Å². The molecular weight excluding hydrogens is 228 g/mol. The molecule has 2 unspecified atom stereocenters. The molecule has 0 saturated carbocycles. The van der Waals surface area contributed by atoms with Crippen LogP contribution >= 0.6 is 11.8 Å². The molecule has 0 aromatic rings. The summed E-state index contributed by atoms with van der Waals surface area (Å²) >= 11 is 2.17. The predicted octanol–water partition coefficient (Wildman–Crippen LogP) is 4.45. The molecule has 2 aliphatic heterocycles. The van der Waals surface area contributed by atoms with E-state index in [1.165, 1.54) is 38.5 Å². The zero-order chi connectivity index (χ0) is 12.3. The molecule has 98 valence electrons. The largest absolute Gasteiger partial charge is 0.299 e. The van der Waals surface area contributed by atoms with Crippen molar-refractivity contribution in [3.05, 3.63) is 0 Å². The molecule has 0 spiro atoms. The highest BCUT2D eigenvalue weighted by Gasteiger charge is 2.35. The molecule has 0 radical (unpaired) electrons. The van der Waals surface area contributed by atoms with Crippen LogP contribution in [-0.2, 0) is 4.79 Å². The van der Waals surface area contributed by atoms with Gasteiger partial charge in [0, 0.05) is 22.8 Å². The van der Waals surface area contributed by atoms with Crippen LogP contribution in [-0.4, -0.2) is 16.3 Å². The van der Waals surface area contributed by atoms with Crippen LogP contribution in [0, 0.1) is 11.8 Å².